The van der Waals surface area contributed by atoms with Gasteiger partial charge in [0.1, 0.15) is 18.1 Å². The maximum atomic E-state index is 12.0. The minimum Gasteiger partial charge on any atom is -0.497 e. The van der Waals surface area contributed by atoms with Crippen LogP contribution in [0.5, 0.6) is 5.75 Å². The van der Waals surface area contributed by atoms with E-state index in [0.29, 0.717) is 17.1 Å². The third-order valence-electron chi connectivity index (χ3n) is 3.44. The number of carbonyl (C=O) groups is 3. The van der Waals surface area contributed by atoms with Crippen molar-refractivity contribution in [1.29, 1.82) is 0 Å². The van der Waals surface area contributed by atoms with Crippen molar-refractivity contribution in [2.75, 3.05) is 13.7 Å². The van der Waals surface area contributed by atoms with Gasteiger partial charge in [-0.15, -0.1) is 0 Å². The van der Waals surface area contributed by atoms with Crippen LogP contribution in [0.4, 0.5) is 0 Å². The molecule has 0 bridgehead atoms. The molecule has 0 aliphatic rings. The summed E-state index contributed by atoms with van der Waals surface area (Å²) in [4.78, 5) is 35.6. The molecule has 2 N–H and O–H groups in total. The van der Waals surface area contributed by atoms with E-state index in [-0.39, 0.29) is 13.1 Å². The summed E-state index contributed by atoms with van der Waals surface area (Å²) in [7, 11) is 1.52. The summed E-state index contributed by atoms with van der Waals surface area (Å²) in [6, 6.07) is 9.84. The Labute approximate surface area is 150 Å². The van der Waals surface area contributed by atoms with Gasteiger partial charge in [0.2, 0.25) is 0 Å². The monoisotopic (exact) mass is 360 g/mol. The molecule has 1 heterocycles. The standard InChI is InChI=1S/C18H20N2O6/c1-12(17(22)19-10-15-4-3-9-25-15)26-16(21)11-20-18(23)13-5-7-14(24-2)8-6-13/h3-9,12H,10-11H2,1-2H3,(H,19,22)(H,20,23)/t12-/m0/s1. The normalized spacial score (nSPS) is 11.3. The van der Waals surface area contributed by atoms with Gasteiger partial charge >= 0.3 is 5.97 Å². The van der Waals surface area contributed by atoms with E-state index in [4.69, 9.17) is 13.9 Å². The first-order chi connectivity index (χ1) is 12.5. The summed E-state index contributed by atoms with van der Waals surface area (Å²) in [6.07, 6.45) is 0.506. The van der Waals surface area contributed by atoms with Crippen molar-refractivity contribution in [1.82, 2.24) is 10.6 Å². The molecule has 0 fully saturated rings. The van der Waals surface area contributed by atoms with Crippen LogP contribution in [0.1, 0.15) is 23.0 Å². The minimum atomic E-state index is -0.990. The average molecular weight is 360 g/mol. The molecule has 138 valence electrons. The van der Waals surface area contributed by atoms with Crippen LogP contribution in [0.2, 0.25) is 0 Å². The summed E-state index contributed by atoms with van der Waals surface area (Å²) in [5, 5.41) is 5.02. The number of ether oxygens (including phenoxy) is 2. The smallest absolute Gasteiger partial charge is 0.326 e. The molecule has 8 nitrogen and oxygen atoms in total. The molecular formula is C18H20N2O6. The Morgan fingerprint density at radius 3 is 2.46 bits per heavy atom. The van der Waals surface area contributed by atoms with Crippen LogP contribution in [0.3, 0.4) is 0 Å². The highest BCUT2D eigenvalue weighted by molar-refractivity contribution is 5.96. The van der Waals surface area contributed by atoms with Gasteiger partial charge in [-0.1, -0.05) is 0 Å². The van der Waals surface area contributed by atoms with Crippen molar-refractivity contribution in [2.24, 2.45) is 0 Å². The zero-order valence-corrected chi connectivity index (χ0v) is 14.5. The molecule has 0 saturated carbocycles. The summed E-state index contributed by atoms with van der Waals surface area (Å²) < 4.78 is 15.1. The first-order valence-electron chi connectivity index (χ1n) is 7.91. The summed E-state index contributed by atoms with van der Waals surface area (Å²) in [6.45, 7) is 1.29. The quantitative estimate of drug-likeness (QED) is 0.687. The highest BCUT2D eigenvalue weighted by Crippen LogP contribution is 2.11. The third-order valence-corrected chi connectivity index (χ3v) is 3.44. The van der Waals surface area contributed by atoms with E-state index < -0.39 is 23.9 Å². The van der Waals surface area contributed by atoms with Crippen molar-refractivity contribution in [3.63, 3.8) is 0 Å². The highest BCUT2D eigenvalue weighted by Gasteiger charge is 2.18. The lowest BCUT2D eigenvalue weighted by Crippen LogP contribution is -2.38. The zero-order valence-electron chi connectivity index (χ0n) is 14.5. The lowest BCUT2D eigenvalue weighted by atomic mass is 10.2. The number of hydrogen-bond acceptors (Lipinski definition) is 6. The summed E-state index contributed by atoms with van der Waals surface area (Å²) in [5.74, 6) is -0.401. The Morgan fingerprint density at radius 2 is 1.85 bits per heavy atom. The fourth-order valence-corrected chi connectivity index (χ4v) is 2.02. The topological polar surface area (TPSA) is 107 Å². The molecule has 0 spiro atoms. The van der Waals surface area contributed by atoms with Crippen molar-refractivity contribution in [3.8, 4) is 5.75 Å². The number of esters is 1. The molecular weight excluding hydrogens is 340 g/mol. The number of furan rings is 1. The SMILES string of the molecule is COc1ccc(C(=O)NCC(=O)O[C@@H](C)C(=O)NCc2ccco2)cc1. The Morgan fingerprint density at radius 1 is 1.12 bits per heavy atom. The van der Waals surface area contributed by atoms with Crippen LogP contribution in [0.25, 0.3) is 0 Å². The molecule has 2 rings (SSSR count). The average Bonchev–Trinajstić information content (AvgIpc) is 3.17. The van der Waals surface area contributed by atoms with Crippen LogP contribution in [0.15, 0.2) is 47.1 Å². The predicted molar refractivity (Wildman–Crippen MR) is 91.4 cm³/mol. The second-order valence-corrected chi connectivity index (χ2v) is 5.34. The molecule has 0 saturated heterocycles. The molecule has 2 aromatic rings. The van der Waals surface area contributed by atoms with Crippen LogP contribution >= 0.6 is 0 Å². The van der Waals surface area contributed by atoms with Crippen molar-refractivity contribution in [3.05, 3.63) is 54.0 Å². The van der Waals surface area contributed by atoms with Gasteiger partial charge < -0.3 is 24.5 Å². The molecule has 0 aliphatic heterocycles. The van der Waals surface area contributed by atoms with Crippen LogP contribution < -0.4 is 15.4 Å². The van der Waals surface area contributed by atoms with Gasteiger partial charge in [0.15, 0.2) is 6.10 Å². The van der Waals surface area contributed by atoms with E-state index in [1.165, 1.54) is 20.3 Å². The number of benzene rings is 1. The maximum absolute atomic E-state index is 12.0. The van der Waals surface area contributed by atoms with Gasteiger partial charge in [-0.25, -0.2) is 0 Å². The van der Waals surface area contributed by atoms with Gasteiger partial charge in [-0.2, -0.15) is 0 Å². The molecule has 8 heteroatoms. The van der Waals surface area contributed by atoms with Crippen molar-refractivity contribution >= 4 is 17.8 Å². The summed E-state index contributed by atoms with van der Waals surface area (Å²) in [5.41, 5.74) is 0.378. The zero-order chi connectivity index (χ0) is 18.9. The number of carbonyl (C=O) groups excluding carboxylic acids is 3. The largest absolute Gasteiger partial charge is 0.497 e. The lowest BCUT2D eigenvalue weighted by Gasteiger charge is -2.13. The fraction of sp³-hybridized carbons (Fsp3) is 0.278. The van der Waals surface area contributed by atoms with Crippen LogP contribution in [-0.2, 0) is 20.9 Å². The second-order valence-electron chi connectivity index (χ2n) is 5.34. The number of nitrogens with one attached hydrogen (secondary N) is 2. The second kappa shape index (κ2) is 9.26. The van der Waals surface area contributed by atoms with Gasteiger partial charge in [-0.05, 0) is 43.3 Å². The lowest BCUT2D eigenvalue weighted by molar-refractivity contribution is -0.153. The number of rotatable bonds is 8. The maximum Gasteiger partial charge on any atom is 0.326 e. The van der Waals surface area contributed by atoms with Gasteiger partial charge in [-0.3, -0.25) is 14.4 Å². The van der Waals surface area contributed by atoms with E-state index in [1.807, 2.05) is 0 Å². The molecule has 1 aromatic heterocycles. The van der Waals surface area contributed by atoms with E-state index in [1.54, 1.807) is 36.4 Å². The van der Waals surface area contributed by atoms with E-state index in [0.717, 1.165) is 0 Å². The third kappa shape index (κ3) is 5.66. The first-order valence-corrected chi connectivity index (χ1v) is 7.91. The first kappa shape index (κ1) is 19.0. The number of methoxy groups -OCH3 is 1. The Bertz CT molecular complexity index is 740. The molecule has 0 aliphatic carbocycles. The molecule has 0 unspecified atom stereocenters. The molecule has 26 heavy (non-hydrogen) atoms. The molecule has 2 amide bonds. The van der Waals surface area contributed by atoms with Crippen LogP contribution in [0, 0.1) is 0 Å². The van der Waals surface area contributed by atoms with E-state index >= 15 is 0 Å². The van der Waals surface area contributed by atoms with Gasteiger partial charge in [0.05, 0.1) is 19.9 Å². The molecule has 1 aromatic carbocycles. The van der Waals surface area contributed by atoms with Crippen molar-refractivity contribution < 1.29 is 28.3 Å². The molecule has 0 radical (unpaired) electrons. The number of hydrogen-bond donors (Lipinski definition) is 2. The molecule has 1 atom stereocenters. The van der Waals surface area contributed by atoms with Gasteiger partial charge in [0, 0.05) is 5.56 Å². The Hall–Kier alpha value is -3.29. The highest BCUT2D eigenvalue weighted by atomic mass is 16.5. The van der Waals surface area contributed by atoms with E-state index in [2.05, 4.69) is 10.6 Å². The van der Waals surface area contributed by atoms with Gasteiger partial charge in [0.25, 0.3) is 11.8 Å². The Balaban J connectivity index is 1.72. The van der Waals surface area contributed by atoms with Crippen molar-refractivity contribution in [2.45, 2.75) is 19.6 Å². The predicted octanol–water partition coefficient (Wildman–Crippen LogP) is 1.27. The fourth-order valence-electron chi connectivity index (χ4n) is 2.02. The number of amides is 2. The summed E-state index contributed by atoms with van der Waals surface area (Å²) >= 11 is 0. The minimum absolute atomic E-state index is 0.196. The van der Waals surface area contributed by atoms with Crippen LogP contribution in [-0.4, -0.2) is 37.5 Å². The van der Waals surface area contributed by atoms with E-state index in [9.17, 15) is 14.4 Å². The Kier molecular flexibility index (Phi) is 6.78.